The standard InChI is InChI=1S/C4H13N3OSi/c5-4-2-1-3-9(6,7)8-4/h4H,1-3,5-7H2. The number of hydrogen-bond acceptors (Lipinski definition) is 4. The molecule has 6 N–H and O–H groups in total. The van der Waals surface area contributed by atoms with Crippen LogP contribution < -0.4 is 16.5 Å². The highest BCUT2D eigenvalue weighted by Crippen LogP contribution is 2.14. The molecule has 1 aliphatic rings. The molecule has 4 nitrogen and oxygen atoms in total. The van der Waals surface area contributed by atoms with Crippen molar-refractivity contribution < 1.29 is 4.43 Å². The molecular formula is C4H13N3OSi. The predicted molar refractivity (Wildman–Crippen MR) is 37.2 cm³/mol. The lowest BCUT2D eigenvalue weighted by Crippen LogP contribution is -2.63. The van der Waals surface area contributed by atoms with E-state index in [1.165, 1.54) is 0 Å². The summed E-state index contributed by atoms with van der Waals surface area (Å²) in [6.07, 6.45) is 1.70. The van der Waals surface area contributed by atoms with Gasteiger partial charge >= 0.3 is 8.64 Å². The van der Waals surface area contributed by atoms with E-state index in [1.807, 2.05) is 0 Å². The highest BCUT2D eigenvalue weighted by atomic mass is 28.4. The predicted octanol–water partition coefficient (Wildman–Crippen LogP) is -1.06. The second-order valence-electron chi connectivity index (χ2n) is 2.50. The maximum atomic E-state index is 5.58. The Balaban J connectivity index is 2.41. The molecule has 0 aliphatic carbocycles. The van der Waals surface area contributed by atoms with Crippen molar-refractivity contribution in [3.8, 4) is 0 Å². The summed E-state index contributed by atoms with van der Waals surface area (Å²) in [5, 5.41) is 11.2. The summed E-state index contributed by atoms with van der Waals surface area (Å²) in [4.78, 5) is 0. The first-order valence-electron chi connectivity index (χ1n) is 3.11. The number of nitrogens with two attached hydrogens (primary N) is 3. The Morgan fingerprint density at radius 2 is 2.11 bits per heavy atom. The Morgan fingerprint density at radius 3 is 2.44 bits per heavy atom. The van der Waals surface area contributed by atoms with Crippen molar-refractivity contribution in [3.63, 3.8) is 0 Å². The van der Waals surface area contributed by atoms with Crippen LogP contribution in [0.5, 0.6) is 0 Å². The summed E-state index contributed by atoms with van der Waals surface area (Å²) in [6, 6.07) is 0.834. The van der Waals surface area contributed by atoms with Gasteiger partial charge in [-0.05, 0) is 18.9 Å². The molecule has 1 atom stereocenters. The fourth-order valence-corrected chi connectivity index (χ4v) is 2.54. The van der Waals surface area contributed by atoms with Crippen LogP contribution in [0, 0.1) is 0 Å². The van der Waals surface area contributed by atoms with E-state index >= 15 is 0 Å². The maximum absolute atomic E-state index is 5.58. The molecule has 0 bridgehead atoms. The van der Waals surface area contributed by atoms with Crippen LogP contribution in [0.2, 0.25) is 6.04 Å². The molecule has 0 aromatic heterocycles. The molecule has 54 valence electrons. The Hall–Kier alpha value is 0.0569. The summed E-state index contributed by atoms with van der Waals surface area (Å²) in [5.41, 5.74) is 5.46. The van der Waals surface area contributed by atoms with Crippen molar-refractivity contribution in [2.75, 3.05) is 0 Å². The van der Waals surface area contributed by atoms with Crippen molar-refractivity contribution >= 4 is 8.64 Å². The van der Waals surface area contributed by atoms with Crippen LogP contribution in [0.15, 0.2) is 0 Å². The molecule has 1 aliphatic heterocycles. The average Bonchev–Trinajstić information content (AvgIpc) is 1.60. The van der Waals surface area contributed by atoms with Crippen LogP contribution in [0.3, 0.4) is 0 Å². The third-order valence-corrected chi connectivity index (χ3v) is 3.30. The van der Waals surface area contributed by atoms with E-state index in [9.17, 15) is 0 Å². The van der Waals surface area contributed by atoms with Gasteiger partial charge in [0.1, 0.15) is 0 Å². The zero-order valence-electron chi connectivity index (χ0n) is 5.34. The van der Waals surface area contributed by atoms with Gasteiger partial charge in [0.25, 0.3) is 0 Å². The molecule has 1 fully saturated rings. The summed E-state index contributed by atoms with van der Waals surface area (Å²) in [6.45, 7) is 0. The molecule has 1 heterocycles. The Bertz CT molecular complexity index is 108. The van der Waals surface area contributed by atoms with Crippen molar-refractivity contribution in [2.24, 2.45) is 16.5 Å². The van der Waals surface area contributed by atoms with E-state index in [0.29, 0.717) is 0 Å². The molecule has 0 saturated carbocycles. The van der Waals surface area contributed by atoms with E-state index in [2.05, 4.69) is 0 Å². The first kappa shape index (κ1) is 7.17. The molecule has 1 saturated heterocycles. The number of hydrogen-bond donors (Lipinski definition) is 3. The Labute approximate surface area is 55.6 Å². The van der Waals surface area contributed by atoms with Crippen LogP contribution in [0.1, 0.15) is 12.8 Å². The average molecular weight is 147 g/mol. The smallest absolute Gasteiger partial charge is 0.347 e. The third kappa shape index (κ3) is 2.03. The lowest BCUT2D eigenvalue weighted by atomic mass is 10.3. The second kappa shape index (κ2) is 2.35. The third-order valence-electron chi connectivity index (χ3n) is 1.43. The van der Waals surface area contributed by atoms with E-state index < -0.39 is 8.64 Å². The normalized spacial score (nSPS) is 34.3. The SMILES string of the molecule is NC1CCC[Si](N)(N)O1. The van der Waals surface area contributed by atoms with Gasteiger partial charge in [-0.3, -0.25) is 0 Å². The number of rotatable bonds is 0. The van der Waals surface area contributed by atoms with Crippen LogP contribution in [-0.2, 0) is 4.43 Å². The van der Waals surface area contributed by atoms with Crippen molar-refractivity contribution in [1.29, 1.82) is 0 Å². The van der Waals surface area contributed by atoms with E-state index in [-0.39, 0.29) is 6.23 Å². The zero-order valence-corrected chi connectivity index (χ0v) is 6.34. The summed E-state index contributed by atoms with van der Waals surface area (Å²) >= 11 is 0. The highest BCUT2D eigenvalue weighted by Gasteiger charge is 2.31. The van der Waals surface area contributed by atoms with Crippen molar-refractivity contribution in [2.45, 2.75) is 25.1 Å². The van der Waals surface area contributed by atoms with Crippen molar-refractivity contribution in [3.05, 3.63) is 0 Å². The molecule has 5 heteroatoms. The molecular weight excluding hydrogens is 134 g/mol. The first-order chi connectivity index (χ1) is 4.10. The molecule has 1 unspecified atom stereocenters. The monoisotopic (exact) mass is 147 g/mol. The quantitative estimate of drug-likeness (QED) is 0.381. The highest BCUT2D eigenvalue weighted by molar-refractivity contribution is 6.67. The van der Waals surface area contributed by atoms with Gasteiger partial charge in [-0.15, -0.1) is 0 Å². The summed E-state index contributed by atoms with van der Waals surface area (Å²) in [5.74, 6) is 0. The Morgan fingerprint density at radius 1 is 1.44 bits per heavy atom. The second-order valence-corrected chi connectivity index (χ2v) is 5.15. The van der Waals surface area contributed by atoms with Gasteiger partial charge in [0.05, 0.1) is 6.23 Å². The largest absolute Gasteiger partial charge is 0.376 e. The van der Waals surface area contributed by atoms with Gasteiger partial charge in [-0.25, -0.2) is 0 Å². The van der Waals surface area contributed by atoms with Crippen LogP contribution >= 0.6 is 0 Å². The molecule has 0 aromatic carbocycles. The van der Waals surface area contributed by atoms with Crippen LogP contribution in [0.25, 0.3) is 0 Å². The van der Waals surface area contributed by atoms with Gasteiger partial charge in [-0.1, -0.05) is 0 Å². The zero-order chi connectivity index (χ0) is 6.91. The van der Waals surface area contributed by atoms with Gasteiger partial charge in [0.15, 0.2) is 0 Å². The van der Waals surface area contributed by atoms with Gasteiger partial charge in [0.2, 0.25) is 0 Å². The molecule has 1 rings (SSSR count). The fourth-order valence-electron chi connectivity index (χ4n) is 0.979. The van der Waals surface area contributed by atoms with E-state index in [1.54, 1.807) is 0 Å². The Kier molecular flexibility index (Phi) is 1.87. The molecule has 0 aromatic rings. The molecule has 0 radical (unpaired) electrons. The topological polar surface area (TPSA) is 87.3 Å². The van der Waals surface area contributed by atoms with E-state index in [4.69, 9.17) is 21.0 Å². The van der Waals surface area contributed by atoms with Crippen molar-refractivity contribution in [1.82, 2.24) is 0 Å². The lowest BCUT2D eigenvalue weighted by Gasteiger charge is -2.30. The van der Waals surface area contributed by atoms with Crippen LogP contribution in [0.4, 0.5) is 0 Å². The van der Waals surface area contributed by atoms with E-state index in [0.717, 1.165) is 18.9 Å². The summed E-state index contributed by atoms with van der Waals surface area (Å²) in [7, 11) is -2.28. The minimum atomic E-state index is -2.28. The minimum absolute atomic E-state index is 0.208. The molecule has 0 spiro atoms. The van der Waals surface area contributed by atoms with Gasteiger partial charge in [0, 0.05) is 0 Å². The fraction of sp³-hybridized carbons (Fsp3) is 1.00. The van der Waals surface area contributed by atoms with Gasteiger partial charge in [-0.2, -0.15) is 0 Å². The van der Waals surface area contributed by atoms with Gasteiger partial charge < -0.3 is 21.0 Å². The first-order valence-corrected chi connectivity index (χ1v) is 5.38. The maximum Gasteiger partial charge on any atom is 0.347 e. The molecule has 0 amide bonds. The lowest BCUT2D eigenvalue weighted by molar-refractivity contribution is 0.162. The minimum Gasteiger partial charge on any atom is -0.376 e. The van der Waals surface area contributed by atoms with Crippen LogP contribution in [-0.4, -0.2) is 14.9 Å². The molecule has 9 heavy (non-hydrogen) atoms. The summed E-state index contributed by atoms with van der Waals surface area (Å²) < 4.78 is 5.15.